The Labute approximate surface area is 152 Å². The smallest absolute Gasteiger partial charge is 0.408 e. The maximum atomic E-state index is 12.4. The molecule has 1 aromatic carbocycles. The molecule has 0 aliphatic carbocycles. The van der Waals surface area contributed by atoms with Crippen LogP contribution in [0.5, 0.6) is 0 Å². The fourth-order valence-corrected chi connectivity index (χ4v) is 2.18. The first-order valence-corrected chi connectivity index (χ1v) is 8.39. The second-order valence-corrected chi connectivity index (χ2v) is 5.84. The molecule has 2 amide bonds. The number of ether oxygens (including phenoxy) is 2. The quantitative estimate of drug-likeness (QED) is 0.561. The molecule has 0 saturated heterocycles. The molecule has 0 fully saturated rings. The highest BCUT2D eigenvalue weighted by Crippen LogP contribution is 2.09. The number of rotatable bonds is 9. The Balaban J connectivity index is 2.68. The number of aliphatic hydroxyl groups is 1. The van der Waals surface area contributed by atoms with Crippen LogP contribution in [0.1, 0.15) is 25.8 Å². The number of carbonyl (C=O) groups is 3. The van der Waals surface area contributed by atoms with Crippen molar-refractivity contribution in [2.45, 2.75) is 39.0 Å². The number of benzene rings is 1. The second-order valence-electron chi connectivity index (χ2n) is 5.84. The van der Waals surface area contributed by atoms with Gasteiger partial charge in [-0.3, -0.25) is 4.79 Å². The Bertz CT molecular complexity index is 593. The standard InChI is InChI=1S/C18H26N2O6/c1-4-12(2)15(16(22)19-14(10-21)17(23)25-3)20-18(24)26-11-13-8-6-5-7-9-13/h5-9,12,14-15,21H,4,10-11H2,1-3H3,(H,19,22)(H,20,24)/t12-,14-,15+/m0/s1. The van der Waals surface area contributed by atoms with Crippen LogP contribution in [0.15, 0.2) is 30.3 Å². The zero-order valence-corrected chi connectivity index (χ0v) is 15.2. The summed E-state index contributed by atoms with van der Waals surface area (Å²) < 4.78 is 9.65. The van der Waals surface area contributed by atoms with E-state index >= 15 is 0 Å². The topological polar surface area (TPSA) is 114 Å². The average molecular weight is 366 g/mol. The number of carbonyl (C=O) groups excluding carboxylic acids is 3. The number of alkyl carbamates (subject to hydrolysis) is 1. The van der Waals surface area contributed by atoms with Crippen LogP contribution in [-0.4, -0.2) is 48.9 Å². The lowest BCUT2D eigenvalue weighted by Gasteiger charge is -2.25. The fraction of sp³-hybridized carbons (Fsp3) is 0.500. The van der Waals surface area contributed by atoms with Crippen LogP contribution >= 0.6 is 0 Å². The number of hydrogen-bond donors (Lipinski definition) is 3. The van der Waals surface area contributed by atoms with E-state index in [0.717, 1.165) is 12.7 Å². The monoisotopic (exact) mass is 366 g/mol. The molecule has 26 heavy (non-hydrogen) atoms. The maximum absolute atomic E-state index is 12.4. The number of methoxy groups -OCH3 is 1. The molecule has 3 N–H and O–H groups in total. The van der Waals surface area contributed by atoms with E-state index in [9.17, 15) is 19.5 Å². The van der Waals surface area contributed by atoms with Gasteiger partial charge in [-0.25, -0.2) is 9.59 Å². The molecule has 1 rings (SSSR count). The molecule has 3 atom stereocenters. The van der Waals surface area contributed by atoms with Gasteiger partial charge in [-0.2, -0.15) is 0 Å². The van der Waals surface area contributed by atoms with Crippen LogP contribution < -0.4 is 10.6 Å². The van der Waals surface area contributed by atoms with E-state index in [4.69, 9.17) is 4.74 Å². The Morgan fingerprint density at radius 3 is 2.35 bits per heavy atom. The number of aliphatic hydroxyl groups excluding tert-OH is 1. The van der Waals surface area contributed by atoms with Crippen LogP contribution in [0.25, 0.3) is 0 Å². The Morgan fingerprint density at radius 1 is 1.15 bits per heavy atom. The Kier molecular flexibility index (Phi) is 9.14. The number of esters is 1. The summed E-state index contributed by atoms with van der Waals surface area (Å²) >= 11 is 0. The molecule has 144 valence electrons. The van der Waals surface area contributed by atoms with Crippen LogP contribution in [0, 0.1) is 5.92 Å². The van der Waals surface area contributed by atoms with E-state index in [2.05, 4.69) is 15.4 Å². The van der Waals surface area contributed by atoms with E-state index in [1.54, 1.807) is 6.92 Å². The third-order valence-corrected chi connectivity index (χ3v) is 3.97. The van der Waals surface area contributed by atoms with Gasteiger partial charge >= 0.3 is 12.1 Å². The minimum Gasteiger partial charge on any atom is -0.467 e. The van der Waals surface area contributed by atoms with Gasteiger partial charge in [0.1, 0.15) is 12.6 Å². The van der Waals surface area contributed by atoms with E-state index < -0.39 is 36.7 Å². The van der Waals surface area contributed by atoms with E-state index in [1.165, 1.54) is 0 Å². The minimum atomic E-state index is -1.19. The van der Waals surface area contributed by atoms with E-state index in [1.807, 2.05) is 37.3 Å². The molecule has 0 unspecified atom stereocenters. The number of nitrogens with one attached hydrogen (secondary N) is 2. The minimum absolute atomic E-state index is 0.0724. The van der Waals surface area contributed by atoms with Crippen LogP contribution in [0.4, 0.5) is 4.79 Å². The normalized spacial score (nSPS) is 13.8. The number of hydrogen-bond acceptors (Lipinski definition) is 6. The van der Waals surface area contributed by atoms with Crippen molar-refractivity contribution >= 4 is 18.0 Å². The van der Waals surface area contributed by atoms with Crippen molar-refractivity contribution in [2.75, 3.05) is 13.7 Å². The molecule has 0 radical (unpaired) electrons. The SMILES string of the molecule is CC[C@H](C)[C@@H](NC(=O)OCc1ccccc1)C(=O)N[C@@H](CO)C(=O)OC. The largest absolute Gasteiger partial charge is 0.467 e. The first-order chi connectivity index (χ1) is 12.4. The zero-order valence-electron chi connectivity index (χ0n) is 15.2. The van der Waals surface area contributed by atoms with E-state index in [0.29, 0.717) is 6.42 Å². The summed E-state index contributed by atoms with van der Waals surface area (Å²) in [5.41, 5.74) is 0.818. The molecule has 0 bridgehead atoms. The predicted molar refractivity (Wildman–Crippen MR) is 94.0 cm³/mol. The maximum Gasteiger partial charge on any atom is 0.408 e. The third-order valence-electron chi connectivity index (χ3n) is 3.97. The Morgan fingerprint density at radius 2 is 1.81 bits per heavy atom. The number of amides is 2. The average Bonchev–Trinajstić information content (AvgIpc) is 2.67. The summed E-state index contributed by atoms with van der Waals surface area (Å²) in [4.78, 5) is 36.0. The first kappa shape index (κ1) is 21.4. The lowest BCUT2D eigenvalue weighted by molar-refractivity contribution is -0.146. The Hall–Kier alpha value is -2.61. The fourth-order valence-electron chi connectivity index (χ4n) is 2.18. The van der Waals surface area contributed by atoms with Gasteiger partial charge in [-0.15, -0.1) is 0 Å². The zero-order chi connectivity index (χ0) is 19.5. The van der Waals surface area contributed by atoms with Gasteiger partial charge < -0.3 is 25.2 Å². The van der Waals surface area contributed by atoms with Crippen LogP contribution in [0.2, 0.25) is 0 Å². The predicted octanol–water partition coefficient (Wildman–Crippen LogP) is 0.978. The molecule has 0 heterocycles. The van der Waals surface area contributed by atoms with Gasteiger partial charge in [0.2, 0.25) is 5.91 Å². The van der Waals surface area contributed by atoms with Crippen molar-refractivity contribution in [2.24, 2.45) is 5.92 Å². The lowest BCUT2D eigenvalue weighted by Crippen LogP contribution is -2.55. The van der Waals surface area contributed by atoms with Crippen molar-refractivity contribution in [1.29, 1.82) is 0 Å². The molecule has 0 spiro atoms. The summed E-state index contributed by atoms with van der Waals surface area (Å²) in [5.74, 6) is -1.58. The molecule has 0 aliphatic heterocycles. The van der Waals surface area contributed by atoms with Crippen molar-refractivity contribution in [3.05, 3.63) is 35.9 Å². The molecular weight excluding hydrogens is 340 g/mol. The highest BCUT2D eigenvalue weighted by atomic mass is 16.5. The van der Waals surface area contributed by atoms with Gasteiger partial charge in [0, 0.05) is 0 Å². The molecule has 0 aliphatic rings. The summed E-state index contributed by atoms with van der Waals surface area (Å²) in [6, 6.07) is 7.03. The second kappa shape index (κ2) is 11.1. The molecule has 8 nitrogen and oxygen atoms in total. The lowest BCUT2D eigenvalue weighted by atomic mass is 9.98. The molecule has 0 saturated carbocycles. The van der Waals surface area contributed by atoms with Crippen molar-refractivity contribution in [3.63, 3.8) is 0 Å². The highest BCUT2D eigenvalue weighted by Gasteiger charge is 2.30. The summed E-state index contributed by atoms with van der Waals surface area (Å²) in [6.45, 7) is 3.12. The van der Waals surface area contributed by atoms with Crippen molar-refractivity contribution < 1.29 is 29.0 Å². The van der Waals surface area contributed by atoms with Gasteiger partial charge in [0.15, 0.2) is 6.04 Å². The third kappa shape index (κ3) is 6.72. The van der Waals surface area contributed by atoms with Gasteiger partial charge in [-0.1, -0.05) is 50.6 Å². The van der Waals surface area contributed by atoms with E-state index in [-0.39, 0.29) is 12.5 Å². The molecular formula is C18H26N2O6. The van der Waals surface area contributed by atoms with Gasteiger partial charge in [0.25, 0.3) is 0 Å². The van der Waals surface area contributed by atoms with Crippen molar-refractivity contribution in [3.8, 4) is 0 Å². The molecule has 8 heteroatoms. The highest BCUT2D eigenvalue weighted by molar-refractivity contribution is 5.89. The first-order valence-electron chi connectivity index (χ1n) is 8.39. The van der Waals surface area contributed by atoms with Crippen LogP contribution in [-0.2, 0) is 25.7 Å². The van der Waals surface area contributed by atoms with Gasteiger partial charge in [-0.05, 0) is 11.5 Å². The summed E-state index contributed by atoms with van der Waals surface area (Å²) in [6.07, 6.45) is -0.132. The molecule has 0 aromatic heterocycles. The molecule has 1 aromatic rings. The van der Waals surface area contributed by atoms with Crippen molar-refractivity contribution in [1.82, 2.24) is 10.6 Å². The summed E-state index contributed by atoms with van der Waals surface area (Å²) in [7, 11) is 1.16. The van der Waals surface area contributed by atoms with Gasteiger partial charge in [0.05, 0.1) is 13.7 Å². The van der Waals surface area contributed by atoms with Crippen LogP contribution in [0.3, 0.4) is 0 Å². The summed E-state index contributed by atoms with van der Waals surface area (Å²) in [5, 5.41) is 14.1.